The second kappa shape index (κ2) is 6.67. The average molecular weight is 386 g/mol. The lowest BCUT2D eigenvalue weighted by atomic mass is 10.2. The summed E-state index contributed by atoms with van der Waals surface area (Å²) in [5.41, 5.74) is 0.602. The zero-order valence-electron chi connectivity index (χ0n) is 9.85. The maximum absolute atomic E-state index is 12.0. The van der Waals surface area contributed by atoms with E-state index in [1.807, 2.05) is 24.3 Å². The third-order valence-electron chi connectivity index (χ3n) is 2.35. The van der Waals surface area contributed by atoms with Gasteiger partial charge < -0.3 is 9.73 Å². The zero-order chi connectivity index (χ0) is 13.7. The first-order chi connectivity index (χ1) is 9.16. The molecule has 2 aromatic rings. The van der Waals surface area contributed by atoms with E-state index < -0.39 is 0 Å². The summed E-state index contributed by atoms with van der Waals surface area (Å²) in [6, 6.07) is 11.0. The van der Waals surface area contributed by atoms with Gasteiger partial charge in [-0.1, -0.05) is 12.1 Å². The summed E-state index contributed by atoms with van der Waals surface area (Å²) in [4.78, 5) is 12.0. The van der Waals surface area contributed by atoms with E-state index in [2.05, 4.69) is 33.2 Å². The highest BCUT2D eigenvalue weighted by Gasteiger charge is 2.10. The Hall–Kier alpha value is -1.41. The van der Waals surface area contributed by atoms with Gasteiger partial charge in [-0.2, -0.15) is 0 Å². The molecule has 0 bridgehead atoms. The van der Waals surface area contributed by atoms with Gasteiger partial charge in [0.2, 0.25) is 0 Å². The largest absolute Gasteiger partial charge is 0.467 e. The van der Waals surface area contributed by atoms with Crippen LogP contribution in [-0.2, 0) is 6.54 Å². The van der Waals surface area contributed by atoms with Gasteiger partial charge in [-0.3, -0.25) is 10.1 Å². The normalized spacial score (nSPS) is 9.95. The second-order valence-corrected chi connectivity index (χ2v) is 5.27. The third-order valence-corrected chi connectivity index (χ3v) is 3.54. The molecule has 2 N–H and O–H groups in total. The van der Waals surface area contributed by atoms with E-state index in [0.717, 1.165) is 9.33 Å². The van der Waals surface area contributed by atoms with Gasteiger partial charge in [-0.25, -0.2) is 0 Å². The van der Waals surface area contributed by atoms with Crippen LogP contribution in [0.25, 0.3) is 0 Å². The SMILES string of the molecule is O=C(NC(=S)NCc1ccco1)c1ccccc1I. The van der Waals surface area contributed by atoms with E-state index in [-0.39, 0.29) is 11.0 Å². The Labute approximate surface area is 129 Å². The van der Waals surface area contributed by atoms with Crippen LogP contribution in [-0.4, -0.2) is 11.0 Å². The van der Waals surface area contributed by atoms with Crippen LogP contribution in [0.4, 0.5) is 0 Å². The molecule has 0 aliphatic carbocycles. The fourth-order valence-corrected chi connectivity index (χ4v) is 2.24. The van der Waals surface area contributed by atoms with Crippen molar-refractivity contribution in [1.82, 2.24) is 10.6 Å². The summed E-state index contributed by atoms with van der Waals surface area (Å²) in [5, 5.41) is 5.82. The highest BCUT2D eigenvalue weighted by Crippen LogP contribution is 2.10. The van der Waals surface area contributed by atoms with Crippen molar-refractivity contribution < 1.29 is 9.21 Å². The zero-order valence-corrected chi connectivity index (χ0v) is 12.8. The lowest BCUT2D eigenvalue weighted by molar-refractivity contribution is 0.0975. The second-order valence-electron chi connectivity index (χ2n) is 3.70. The molecule has 1 amide bonds. The molecule has 1 heterocycles. The van der Waals surface area contributed by atoms with Crippen LogP contribution in [0.15, 0.2) is 47.1 Å². The standard InChI is InChI=1S/C13H11IN2O2S/c14-11-6-2-1-5-10(11)12(17)16-13(19)15-8-9-4-3-7-18-9/h1-7H,8H2,(H2,15,16,17,19). The van der Waals surface area contributed by atoms with Crippen molar-refractivity contribution in [2.75, 3.05) is 0 Å². The molecule has 2 rings (SSSR count). The molecular weight excluding hydrogens is 375 g/mol. The van der Waals surface area contributed by atoms with Crippen LogP contribution in [0.3, 0.4) is 0 Å². The molecule has 0 aliphatic rings. The van der Waals surface area contributed by atoms with E-state index in [4.69, 9.17) is 16.6 Å². The predicted molar refractivity (Wildman–Crippen MR) is 84.8 cm³/mol. The molecule has 0 fully saturated rings. The maximum Gasteiger partial charge on any atom is 0.258 e. The van der Waals surface area contributed by atoms with E-state index in [1.54, 1.807) is 18.4 Å². The molecule has 1 aromatic heterocycles. The minimum Gasteiger partial charge on any atom is -0.467 e. The monoisotopic (exact) mass is 386 g/mol. The van der Waals surface area contributed by atoms with E-state index >= 15 is 0 Å². The Kier molecular flexibility index (Phi) is 4.92. The summed E-state index contributed by atoms with van der Waals surface area (Å²) in [7, 11) is 0. The van der Waals surface area contributed by atoms with Crippen molar-refractivity contribution in [2.45, 2.75) is 6.54 Å². The fraction of sp³-hybridized carbons (Fsp3) is 0.0769. The Bertz CT molecular complexity index is 584. The third kappa shape index (κ3) is 4.03. The molecule has 0 spiro atoms. The fourth-order valence-electron chi connectivity index (χ4n) is 1.44. The Morgan fingerprint density at radius 3 is 2.74 bits per heavy atom. The van der Waals surface area contributed by atoms with Crippen LogP contribution in [0.2, 0.25) is 0 Å². The quantitative estimate of drug-likeness (QED) is 0.629. The number of thiocarbonyl (C=S) groups is 1. The smallest absolute Gasteiger partial charge is 0.258 e. The lowest BCUT2D eigenvalue weighted by Crippen LogP contribution is -2.39. The van der Waals surface area contributed by atoms with Crippen molar-refractivity contribution in [1.29, 1.82) is 0 Å². The maximum atomic E-state index is 12.0. The summed E-state index contributed by atoms with van der Waals surface area (Å²) in [5.74, 6) is 0.535. The molecule has 4 nitrogen and oxygen atoms in total. The van der Waals surface area contributed by atoms with Gasteiger partial charge in [-0.05, 0) is 59.1 Å². The van der Waals surface area contributed by atoms with Gasteiger partial charge in [-0.15, -0.1) is 0 Å². The van der Waals surface area contributed by atoms with Crippen LogP contribution in [0.1, 0.15) is 16.1 Å². The molecular formula is C13H11IN2O2S. The van der Waals surface area contributed by atoms with Crippen molar-refractivity contribution >= 4 is 45.8 Å². The van der Waals surface area contributed by atoms with Crippen LogP contribution in [0.5, 0.6) is 0 Å². The van der Waals surface area contributed by atoms with Crippen molar-refractivity contribution in [3.8, 4) is 0 Å². The number of carbonyl (C=O) groups excluding carboxylic acids is 1. The number of hydrogen-bond acceptors (Lipinski definition) is 3. The highest BCUT2D eigenvalue weighted by molar-refractivity contribution is 14.1. The number of halogens is 1. The Balaban J connectivity index is 1.89. The first-order valence-electron chi connectivity index (χ1n) is 5.53. The molecule has 0 unspecified atom stereocenters. The van der Waals surface area contributed by atoms with Gasteiger partial charge in [0, 0.05) is 3.57 Å². The molecule has 1 aromatic carbocycles. The van der Waals surface area contributed by atoms with Crippen LogP contribution >= 0.6 is 34.8 Å². The molecule has 0 radical (unpaired) electrons. The number of carbonyl (C=O) groups is 1. The summed E-state index contributed by atoms with van der Waals surface area (Å²) < 4.78 is 6.04. The number of furan rings is 1. The first kappa shape index (κ1) is 14.0. The minimum atomic E-state index is -0.220. The number of nitrogens with one attached hydrogen (secondary N) is 2. The topological polar surface area (TPSA) is 54.3 Å². The van der Waals surface area contributed by atoms with Gasteiger partial charge in [0.05, 0.1) is 18.4 Å². The summed E-state index contributed by atoms with van der Waals surface area (Å²) >= 11 is 7.17. The summed E-state index contributed by atoms with van der Waals surface area (Å²) in [6.45, 7) is 0.442. The molecule has 0 aliphatic heterocycles. The first-order valence-corrected chi connectivity index (χ1v) is 7.01. The van der Waals surface area contributed by atoms with E-state index in [0.29, 0.717) is 12.1 Å². The Morgan fingerprint density at radius 1 is 1.26 bits per heavy atom. The van der Waals surface area contributed by atoms with Crippen LogP contribution < -0.4 is 10.6 Å². The molecule has 98 valence electrons. The van der Waals surface area contributed by atoms with Crippen molar-refractivity contribution in [3.05, 3.63) is 57.6 Å². The molecule has 6 heteroatoms. The molecule has 0 atom stereocenters. The lowest BCUT2D eigenvalue weighted by Gasteiger charge is -2.09. The van der Waals surface area contributed by atoms with Crippen LogP contribution in [0, 0.1) is 3.57 Å². The molecule has 0 saturated heterocycles. The van der Waals surface area contributed by atoms with Gasteiger partial charge >= 0.3 is 0 Å². The van der Waals surface area contributed by atoms with Gasteiger partial charge in [0.25, 0.3) is 5.91 Å². The Morgan fingerprint density at radius 2 is 2.05 bits per heavy atom. The van der Waals surface area contributed by atoms with Crippen molar-refractivity contribution in [2.24, 2.45) is 0 Å². The summed E-state index contributed by atoms with van der Waals surface area (Å²) in [6.07, 6.45) is 1.59. The van der Waals surface area contributed by atoms with Gasteiger partial charge in [0.1, 0.15) is 5.76 Å². The van der Waals surface area contributed by atoms with E-state index in [9.17, 15) is 4.79 Å². The van der Waals surface area contributed by atoms with E-state index in [1.165, 1.54) is 0 Å². The number of hydrogen-bond donors (Lipinski definition) is 2. The van der Waals surface area contributed by atoms with Crippen molar-refractivity contribution in [3.63, 3.8) is 0 Å². The highest BCUT2D eigenvalue weighted by atomic mass is 127. The number of rotatable bonds is 3. The van der Waals surface area contributed by atoms with Gasteiger partial charge in [0.15, 0.2) is 5.11 Å². The molecule has 0 saturated carbocycles. The molecule has 19 heavy (non-hydrogen) atoms. The predicted octanol–water partition coefficient (Wildman–Crippen LogP) is 2.69. The number of benzene rings is 1. The minimum absolute atomic E-state index is 0.220. The number of amides is 1. The average Bonchev–Trinajstić information content (AvgIpc) is 2.90.